The highest BCUT2D eigenvalue weighted by atomic mass is 19.1. The van der Waals surface area contributed by atoms with Crippen LogP contribution in [0.3, 0.4) is 0 Å². The SMILES string of the molecule is Cc1cc2c(cnn2-c2ccc(F)cc2)cc1[C@@]12CN(C(=O)c3ccccc3)CC1[C@H]2c1ccccc1. The van der Waals surface area contributed by atoms with Gasteiger partial charge in [0.15, 0.2) is 0 Å². The molecule has 0 spiro atoms. The molecule has 4 nitrogen and oxygen atoms in total. The number of hydrogen-bond donors (Lipinski definition) is 0. The van der Waals surface area contributed by atoms with Crippen LogP contribution in [0, 0.1) is 18.7 Å². The Kier molecular flexibility index (Phi) is 4.83. The molecule has 2 heterocycles. The van der Waals surface area contributed by atoms with Crippen molar-refractivity contribution in [3.63, 3.8) is 0 Å². The number of carbonyl (C=O) groups is 1. The Morgan fingerprint density at radius 3 is 2.38 bits per heavy atom. The molecule has 4 aromatic carbocycles. The average Bonchev–Trinajstić information content (AvgIpc) is 3.19. The first-order valence-corrected chi connectivity index (χ1v) is 12.7. The number of halogens is 1. The van der Waals surface area contributed by atoms with Gasteiger partial charge in [-0.15, -0.1) is 0 Å². The molecule has 1 saturated heterocycles. The highest BCUT2D eigenvalue weighted by Gasteiger charge is 2.70. The summed E-state index contributed by atoms with van der Waals surface area (Å²) >= 11 is 0. The van der Waals surface area contributed by atoms with Crippen molar-refractivity contribution in [2.45, 2.75) is 18.3 Å². The van der Waals surface area contributed by atoms with Gasteiger partial charge in [0.25, 0.3) is 5.91 Å². The molecule has 37 heavy (non-hydrogen) atoms. The van der Waals surface area contributed by atoms with Crippen LogP contribution in [-0.4, -0.2) is 33.7 Å². The lowest BCUT2D eigenvalue weighted by Crippen LogP contribution is -2.34. The standard InChI is InChI=1S/C32H26FN3O/c1-21-16-29-24(18-34-36(29)26-14-12-25(33)13-15-26)17-27(21)32-20-35(31(37)23-10-6-3-7-11-23)19-28(32)30(32)22-8-4-2-5-9-22/h2-18,28,30H,19-20H2,1H3/t28?,30-,32+/m1/s1. The van der Waals surface area contributed by atoms with Gasteiger partial charge in [-0.1, -0.05) is 48.5 Å². The quantitative estimate of drug-likeness (QED) is 0.299. The molecule has 182 valence electrons. The van der Waals surface area contributed by atoms with Gasteiger partial charge in [-0.25, -0.2) is 9.07 Å². The first kappa shape index (κ1) is 22.0. The van der Waals surface area contributed by atoms with Crippen molar-refractivity contribution < 1.29 is 9.18 Å². The predicted molar refractivity (Wildman–Crippen MR) is 142 cm³/mol. The fourth-order valence-corrected chi connectivity index (χ4v) is 6.65. The van der Waals surface area contributed by atoms with Crippen molar-refractivity contribution in [1.29, 1.82) is 0 Å². The van der Waals surface area contributed by atoms with Crippen molar-refractivity contribution in [1.82, 2.24) is 14.7 Å². The zero-order valence-corrected chi connectivity index (χ0v) is 20.5. The van der Waals surface area contributed by atoms with Crippen LogP contribution in [0.1, 0.15) is 33.0 Å². The molecular weight excluding hydrogens is 461 g/mol. The van der Waals surface area contributed by atoms with E-state index in [2.05, 4.69) is 54.5 Å². The van der Waals surface area contributed by atoms with Gasteiger partial charge in [0, 0.05) is 35.4 Å². The lowest BCUT2D eigenvalue weighted by molar-refractivity contribution is 0.0769. The number of nitrogens with zero attached hydrogens (tertiary/aromatic N) is 3. The van der Waals surface area contributed by atoms with Gasteiger partial charge in [-0.2, -0.15) is 5.10 Å². The molecule has 1 aliphatic heterocycles. The van der Waals surface area contributed by atoms with Crippen molar-refractivity contribution in [2.24, 2.45) is 5.92 Å². The second-order valence-corrected chi connectivity index (χ2v) is 10.3. The maximum atomic E-state index is 13.5. The zero-order chi connectivity index (χ0) is 25.1. The lowest BCUT2D eigenvalue weighted by Gasteiger charge is -2.26. The van der Waals surface area contributed by atoms with E-state index in [4.69, 9.17) is 0 Å². The summed E-state index contributed by atoms with van der Waals surface area (Å²) in [4.78, 5) is 15.4. The number of likely N-dealkylation sites (tertiary alicyclic amines) is 1. The third-order valence-corrected chi connectivity index (χ3v) is 8.33. The van der Waals surface area contributed by atoms with Crippen LogP contribution in [0.2, 0.25) is 0 Å². The molecule has 1 aliphatic carbocycles. The number of carbonyl (C=O) groups excluding carboxylic acids is 1. The predicted octanol–water partition coefficient (Wildman–Crippen LogP) is 6.28. The number of benzene rings is 4. The summed E-state index contributed by atoms with van der Waals surface area (Å²) in [7, 11) is 0. The highest BCUT2D eigenvalue weighted by molar-refractivity contribution is 5.95. The van der Waals surface area contributed by atoms with E-state index in [1.807, 2.05) is 46.1 Å². The van der Waals surface area contributed by atoms with Crippen molar-refractivity contribution in [3.8, 4) is 5.69 Å². The van der Waals surface area contributed by atoms with Gasteiger partial charge in [0.2, 0.25) is 0 Å². The van der Waals surface area contributed by atoms with Gasteiger partial charge >= 0.3 is 0 Å². The second-order valence-electron chi connectivity index (χ2n) is 10.3. The fraction of sp³-hybridized carbons (Fsp3) is 0.188. The third kappa shape index (κ3) is 3.34. The van der Waals surface area contributed by atoms with Crippen molar-refractivity contribution in [3.05, 3.63) is 131 Å². The molecule has 2 aliphatic rings. The summed E-state index contributed by atoms with van der Waals surface area (Å²) in [6.45, 7) is 3.60. The number of aromatic nitrogens is 2. The summed E-state index contributed by atoms with van der Waals surface area (Å²) in [5.41, 5.74) is 6.25. The minimum Gasteiger partial charge on any atom is -0.337 e. The smallest absolute Gasteiger partial charge is 0.253 e. The van der Waals surface area contributed by atoms with E-state index in [0.29, 0.717) is 18.4 Å². The summed E-state index contributed by atoms with van der Waals surface area (Å²) in [6.07, 6.45) is 1.88. The number of hydrogen-bond acceptors (Lipinski definition) is 2. The number of aryl methyl sites for hydroxylation is 1. The molecule has 1 unspecified atom stereocenters. The topological polar surface area (TPSA) is 38.1 Å². The molecule has 3 atom stereocenters. The van der Waals surface area contributed by atoms with E-state index < -0.39 is 0 Å². The fourth-order valence-electron chi connectivity index (χ4n) is 6.65. The normalized spacial score (nSPS) is 22.3. The van der Waals surface area contributed by atoms with Gasteiger partial charge in [-0.05, 0) is 78.1 Å². The molecule has 5 aromatic rings. The summed E-state index contributed by atoms with van der Waals surface area (Å²) in [6, 6.07) is 31.1. The average molecular weight is 488 g/mol. The molecular formula is C32H26FN3O. The minimum absolute atomic E-state index is 0.0989. The number of fused-ring (bicyclic) bond motifs is 2. The first-order chi connectivity index (χ1) is 18.1. The summed E-state index contributed by atoms with van der Waals surface area (Å²) < 4.78 is 15.4. The van der Waals surface area contributed by atoms with Crippen LogP contribution < -0.4 is 0 Å². The zero-order valence-electron chi connectivity index (χ0n) is 20.5. The molecule has 5 heteroatoms. The van der Waals surface area contributed by atoms with Crippen LogP contribution in [-0.2, 0) is 5.41 Å². The third-order valence-electron chi connectivity index (χ3n) is 8.33. The Bertz CT molecular complexity index is 1630. The van der Waals surface area contributed by atoms with E-state index in [-0.39, 0.29) is 17.1 Å². The number of rotatable bonds is 4. The summed E-state index contributed by atoms with van der Waals surface area (Å²) in [5.74, 6) is 0.574. The van der Waals surface area contributed by atoms with Crippen LogP contribution in [0.5, 0.6) is 0 Å². The molecule has 1 aromatic heterocycles. The van der Waals surface area contributed by atoms with Crippen LogP contribution in [0.25, 0.3) is 16.6 Å². The van der Waals surface area contributed by atoms with Crippen LogP contribution >= 0.6 is 0 Å². The minimum atomic E-state index is -0.264. The van der Waals surface area contributed by atoms with Crippen molar-refractivity contribution in [2.75, 3.05) is 13.1 Å². The van der Waals surface area contributed by atoms with E-state index in [1.165, 1.54) is 28.8 Å². The Morgan fingerprint density at radius 2 is 1.65 bits per heavy atom. The summed E-state index contributed by atoms with van der Waals surface area (Å²) in [5, 5.41) is 5.68. The van der Waals surface area contributed by atoms with Gasteiger partial charge in [-0.3, -0.25) is 4.79 Å². The number of amides is 1. The van der Waals surface area contributed by atoms with Gasteiger partial charge in [0.05, 0.1) is 17.4 Å². The van der Waals surface area contributed by atoms with Crippen LogP contribution in [0.4, 0.5) is 4.39 Å². The van der Waals surface area contributed by atoms with Crippen molar-refractivity contribution >= 4 is 16.8 Å². The van der Waals surface area contributed by atoms with E-state index >= 15 is 0 Å². The lowest BCUT2D eigenvalue weighted by atomic mass is 9.86. The molecule has 7 rings (SSSR count). The Balaban J connectivity index is 1.31. The van der Waals surface area contributed by atoms with Gasteiger partial charge < -0.3 is 4.90 Å². The first-order valence-electron chi connectivity index (χ1n) is 12.7. The van der Waals surface area contributed by atoms with E-state index in [1.54, 1.807) is 12.1 Å². The highest BCUT2D eigenvalue weighted by Crippen LogP contribution is 2.69. The Hall–Kier alpha value is -4.25. The largest absolute Gasteiger partial charge is 0.337 e. The molecule has 2 fully saturated rings. The second kappa shape index (κ2) is 8.13. The molecule has 1 amide bonds. The molecule has 1 saturated carbocycles. The van der Waals surface area contributed by atoms with Gasteiger partial charge in [0.1, 0.15) is 5.82 Å². The monoisotopic (exact) mass is 487 g/mol. The molecule has 0 radical (unpaired) electrons. The Morgan fingerprint density at radius 1 is 0.946 bits per heavy atom. The molecule has 0 N–H and O–H groups in total. The van der Waals surface area contributed by atoms with E-state index in [9.17, 15) is 9.18 Å². The van der Waals surface area contributed by atoms with Crippen LogP contribution in [0.15, 0.2) is 103 Å². The maximum Gasteiger partial charge on any atom is 0.253 e. The Labute approximate surface area is 215 Å². The molecule has 0 bridgehead atoms. The maximum absolute atomic E-state index is 13.5. The van der Waals surface area contributed by atoms with E-state index in [0.717, 1.165) is 28.7 Å². The number of piperidine rings is 1.